The van der Waals surface area contributed by atoms with Crippen molar-refractivity contribution in [3.05, 3.63) is 64.2 Å². The topological polar surface area (TPSA) is 29.5 Å². The van der Waals surface area contributed by atoms with Crippen LogP contribution in [0.25, 0.3) is 0 Å². The van der Waals surface area contributed by atoms with Crippen LogP contribution in [-0.2, 0) is 19.4 Å². The van der Waals surface area contributed by atoms with Gasteiger partial charge in [-0.15, -0.1) is 0 Å². The molecule has 2 aromatic rings. The third kappa shape index (κ3) is 3.89. The maximum absolute atomic E-state index is 12.6. The summed E-state index contributed by atoms with van der Waals surface area (Å²) in [6.45, 7) is -0.334. The quantitative estimate of drug-likeness (QED) is 0.904. The molecule has 1 N–H and O–H groups in total. The lowest BCUT2D eigenvalue weighted by Gasteiger charge is -2.13. The van der Waals surface area contributed by atoms with Crippen LogP contribution in [0.1, 0.15) is 16.7 Å². The number of benzene rings is 2. The molecular formula is C15H12ClF3O2. The number of rotatable bonds is 4. The predicted octanol–water partition coefficient (Wildman–Crippen LogP) is 4.43. The lowest BCUT2D eigenvalue weighted by molar-refractivity contribution is -0.137. The Labute approximate surface area is 124 Å². The molecule has 2 nitrogen and oxygen atoms in total. The second kappa shape index (κ2) is 6.37. The molecule has 0 unspecified atom stereocenters. The van der Waals surface area contributed by atoms with Crippen molar-refractivity contribution < 1.29 is 23.0 Å². The van der Waals surface area contributed by atoms with E-state index in [4.69, 9.17) is 16.3 Å². The van der Waals surface area contributed by atoms with E-state index in [0.29, 0.717) is 16.1 Å². The van der Waals surface area contributed by atoms with Gasteiger partial charge in [-0.25, -0.2) is 0 Å². The molecule has 2 aromatic carbocycles. The summed E-state index contributed by atoms with van der Waals surface area (Å²) in [7, 11) is 0. The Morgan fingerprint density at radius 1 is 1.10 bits per heavy atom. The van der Waals surface area contributed by atoms with Gasteiger partial charge in [-0.1, -0.05) is 35.9 Å². The fourth-order valence-electron chi connectivity index (χ4n) is 1.83. The average molecular weight is 317 g/mol. The van der Waals surface area contributed by atoms with Gasteiger partial charge in [0, 0.05) is 5.56 Å². The van der Waals surface area contributed by atoms with Gasteiger partial charge in [0.05, 0.1) is 17.2 Å². The molecule has 6 heteroatoms. The van der Waals surface area contributed by atoms with Gasteiger partial charge >= 0.3 is 6.18 Å². The molecule has 0 amide bonds. The third-order valence-electron chi connectivity index (χ3n) is 2.86. The van der Waals surface area contributed by atoms with Crippen LogP contribution in [0.15, 0.2) is 42.5 Å². The molecule has 2 rings (SSSR count). The average Bonchev–Trinajstić information content (AvgIpc) is 2.45. The number of hydrogen-bond donors (Lipinski definition) is 1. The fraction of sp³-hybridized carbons (Fsp3) is 0.200. The summed E-state index contributed by atoms with van der Waals surface area (Å²) in [6.07, 6.45) is -4.39. The van der Waals surface area contributed by atoms with Crippen molar-refractivity contribution >= 4 is 11.6 Å². The Bertz CT molecular complexity index is 627. The maximum Gasteiger partial charge on any atom is 0.416 e. The van der Waals surface area contributed by atoms with Crippen molar-refractivity contribution in [1.29, 1.82) is 0 Å². The zero-order valence-electron chi connectivity index (χ0n) is 10.8. The fourth-order valence-corrected chi connectivity index (χ4v) is 2.08. The molecule has 0 aliphatic carbocycles. The van der Waals surface area contributed by atoms with Gasteiger partial charge in [-0.3, -0.25) is 0 Å². The number of alkyl halides is 3. The van der Waals surface area contributed by atoms with Gasteiger partial charge in [0.15, 0.2) is 0 Å². The van der Waals surface area contributed by atoms with E-state index in [1.165, 1.54) is 12.1 Å². The molecule has 0 atom stereocenters. The van der Waals surface area contributed by atoms with Crippen LogP contribution in [0.3, 0.4) is 0 Å². The second-order valence-electron chi connectivity index (χ2n) is 4.37. The van der Waals surface area contributed by atoms with Gasteiger partial charge < -0.3 is 9.84 Å². The first-order valence-electron chi connectivity index (χ1n) is 6.09. The summed E-state index contributed by atoms with van der Waals surface area (Å²) >= 11 is 5.96. The van der Waals surface area contributed by atoms with Crippen molar-refractivity contribution in [1.82, 2.24) is 0 Å². The van der Waals surface area contributed by atoms with Crippen molar-refractivity contribution in [2.75, 3.05) is 0 Å². The van der Waals surface area contributed by atoms with Crippen molar-refractivity contribution in [3.8, 4) is 5.75 Å². The molecule has 0 fully saturated rings. The minimum absolute atomic E-state index is 0.0688. The zero-order valence-corrected chi connectivity index (χ0v) is 11.6. The first-order chi connectivity index (χ1) is 9.91. The minimum atomic E-state index is -4.39. The van der Waals surface area contributed by atoms with E-state index in [9.17, 15) is 18.3 Å². The number of aliphatic hydroxyl groups excluding tert-OH is 1. The summed E-state index contributed by atoms with van der Waals surface area (Å²) in [5.41, 5.74) is 0.119. The van der Waals surface area contributed by atoms with Crippen molar-refractivity contribution in [3.63, 3.8) is 0 Å². The highest BCUT2D eigenvalue weighted by atomic mass is 35.5. The molecule has 0 radical (unpaired) electrons. The van der Waals surface area contributed by atoms with Gasteiger partial charge in [0.25, 0.3) is 0 Å². The molecule has 112 valence electrons. The summed E-state index contributed by atoms with van der Waals surface area (Å²) < 4.78 is 43.3. The first-order valence-corrected chi connectivity index (χ1v) is 6.47. The molecule has 0 spiro atoms. The molecule has 0 aliphatic rings. The smallest absolute Gasteiger partial charge is 0.416 e. The lowest BCUT2D eigenvalue weighted by atomic mass is 10.1. The SMILES string of the molecule is OCc1cccc(Cl)c1OCc1cccc(C(F)(F)F)c1. The number of hydrogen-bond acceptors (Lipinski definition) is 2. The summed E-state index contributed by atoms with van der Waals surface area (Å²) in [6, 6.07) is 9.75. The number of para-hydroxylation sites is 1. The van der Waals surface area contributed by atoms with E-state index in [1.807, 2.05) is 0 Å². The molecule has 0 aliphatic heterocycles. The van der Waals surface area contributed by atoms with Gasteiger partial charge in [-0.2, -0.15) is 13.2 Å². The van der Waals surface area contributed by atoms with Crippen LogP contribution < -0.4 is 4.74 Å². The van der Waals surface area contributed by atoms with Crippen molar-refractivity contribution in [2.45, 2.75) is 19.4 Å². The number of ether oxygens (including phenoxy) is 1. The van der Waals surface area contributed by atoms with E-state index >= 15 is 0 Å². The molecule has 0 saturated heterocycles. The summed E-state index contributed by atoms with van der Waals surface area (Å²) in [5, 5.41) is 9.50. The second-order valence-corrected chi connectivity index (χ2v) is 4.78. The highest BCUT2D eigenvalue weighted by Gasteiger charge is 2.30. The van der Waals surface area contributed by atoms with Crippen LogP contribution in [0.2, 0.25) is 5.02 Å². The molecule has 0 heterocycles. The summed E-state index contributed by atoms with van der Waals surface area (Å²) in [4.78, 5) is 0. The first kappa shape index (κ1) is 15.7. The molecule has 0 aromatic heterocycles. The minimum Gasteiger partial charge on any atom is -0.487 e. The number of aliphatic hydroxyl groups is 1. The van der Waals surface area contributed by atoms with Crippen LogP contribution in [-0.4, -0.2) is 5.11 Å². The van der Waals surface area contributed by atoms with E-state index < -0.39 is 11.7 Å². The standard InChI is InChI=1S/C15H12ClF3O2/c16-13-6-2-4-11(8-20)14(13)21-9-10-3-1-5-12(7-10)15(17,18)19/h1-7,20H,8-9H2. The maximum atomic E-state index is 12.6. The van der Waals surface area contributed by atoms with Crippen LogP contribution in [0, 0.1) is 0 Å². The summed E-state index contributed by atoms with van der Waals surface area (Å²) in [5.74, 6) is 0.277. The van der Waals surface area contributed by atoms with Gasteiger partial charge in [0.2, 0.25) is 0 Å². The van der Waals surface area contributed by atoms with Crippen LogP contribution in [0.5, 0.6) is 5.75 Å². The van der Waals surface area contributed by atoms with Gasteiger partial charge in [0.1, 0.15) is 12.4 Å². The Kier molecular flexibility index (Phi) is 4.75. The Balaban J connectivity index is 2.18. The van der Waals surface area contributed by atoms with E-state index in [0.717, 1.165) is 12.1 Å². The molecule has 21 heavy (non-hydrogen) atoms. The molecule has 0 bridgehead atoms. The zero-order chi connectivity index (χ0) is 15.5. The Morgan fingerprint density at radius 3 is 2.48 bits per heavy atom. The van der Waals surface area contributed by atoms with Crippen LogP contribution in [0.4, 0.5) is 13.2 Å². The van der Waals surface area contributed by atoms with E-state index in [2.05, 4.69) is 0 Å². The van der Waals surface area contributed by atoms with E-state index in [-0.39, 0.29) is 19.0 Å². The Morgan fingerprint density at radius 2 is 1.81 bits per heavy atom. The normalized spacial score (nSPS) is 11.5. The monoisotopic (exact) mass is 316 g/mol. The van der Waals surface area contributed by atoms with Crippen molar-refractivity contribution in [2.24, 2.45) is 0 Å². The highest BCUT2D eigenvalue weighted by Crippen LogP contribution is 2.31. The largest absolute Gasteiger partial charge is 0.487 e. The third-order valence-corrected chi connectivity index (χ3v) is 3.15. The lowest BCUT2D eigenvalue weighted by Crippen LogP contribution is -2.06. The predicted molar refractivity (Wildman–Crippen MR) is 73.2 cm³/mol. The Hall–Kier alpha value is -1.72. The number of halogens is 4. The van der Waals surface area contributed by atoms with Crippen LogP contribution >= 0.6 is 11.6 Å². The molecular weight excluding hydrogens is 305 g/mol. The van der Waals surface area contributed by atoms with Gasteiger partial charge in [-0.05, 0) is 23.8 Å². The highest BCUT2D eigenvalue weighted by molar-refractivity contribution is 6.32. The van der Waals surface area contributed by atoms with E-state index in [1.54, 1.807) is 18.2 Å². The molecule has 0 saturated carbocycles.